The van der Waals surface area contributed by atoms with Crippen LogP contribution in [0.4, 0.5) is 0 Å². The first-order chi connectivity index (χ1) is 7.20. The number of aromatic nitrogens is 2. The van der Waals surface area contributed by atoms with Crippen LogP contribution in [0.15, 0.2) is 10.8 Å². The Morgan fingerprint density at radius 3 is 3.13 bits per heavy atom. The lowest BCUT2D eigenvalue weighted by Gasteiger charge is -2.32. The normalized spacial score (nSPS) is 23.0. The molecule has 1 N–H and O–H groups in total. The number of nitrogens with zero attached hydrogens (tertiary/aromatic N) is 3. The van der Waals surface area contributed by atoms with E-state index in [1.165, 1.54) is 6.33 Å². The number of likely N-dealkylation sites (N-methyl/N-ethyl adjacent to an activating group) is 1. The third-order valence-corrected chi connectivity index (χ3v) is 3.90. The summed E-state index contributed by atoms with van der Waals surface area (Å²) < 4.78 is 0.798. The Labute approximate surface area is 102 Å². The second-order valence-electron chi connectivity index (χ2n) is 3.56. The van der Waals surface area contributed by atoms with Crippen molar-refractivity contribution >= 4 is 27.5 Å². The maximum absolute atomic E-state index is 5.94. The molecule has 15 heavy (non-hydrogen) atoms. The summed E-state index contributed by atoms with van der Waals surface area (Å²) >= 11 is 9.38. The molecule has 6 heteroatoms. The van der Waals surface area contributed by atoms with Gasteiger partial charge >= 0.3 is 0 Å². The van der Waals surface area contributed by atoms with Crippen LogP contribution < -0.4 is 5.32 Å². The lowest BCUT2D eigenvalue weighted by atomic mass is 10.1. The van der Waals surface area contributed by atoms with Crippen LogP contribution in [0.25, 0.3) is 0 Å². The lowest BCUT2D eigenvalue weighted by Crippen LogP contribution is -2.44. The van der Waals surface area contributed by atoms with Gasteiger partial charge < -0.3 is 5.32 Å². The van der Waals surface area contributed by atoms with E-state index in [0.717, 1.165) is 29.8 Å². The topological polar surface area (TPSA) is 41.0 Å². The van der Waals surface area contributed by atoms with Crippen molar-refractivity contribution in [3.63, 3.8) is 0 Å². The SMILES string of the molecule is CN1CCNCC1c1ncnc(Cl)c1Br. The van der Waals surface area contributed by atoms with E-state index in [0.29, 0.717) is 5.15 Å². The Morgan fingerprint density at radius 2 is 2.40 bits per heavy atom. The second kappa shape index (κ2) is 4.74. The summed E-state index contributed by atoms with van der Waals surface area (Å²) in [6, 6.07) is 0.258. The number of hydrogen-bond acceptors (Lipinski definition) is 4. The monoisotopic (exact) mass is 290 g/mol. The molecule has 4 nitrogen and oxygen atoms in total. The average molecular weight is 292 g/mol. The molecule has 1 aliphatic heterocycles. The largest absolute Gasteiger partial charge is 0.313 e. The highest BCUT2D eigenvalue weighted by atomic mass is 79.9. The van der Waals surface area contributed by atoms with Crippen LogP contribution in [-0.4, -0.2) is 41.5 Å². The molecule has 0 bridgehead atoms. The van der Waals surface area contributed by atoms with Crippen molar-refractivity contribution in [3.05, 3.63) is 21.6 Å². The van der Waals surface area contributed by atoms with Gasteiger partial charge in [0.25, 0.3) is 0 Å². The van der Waals surface area contributed by atoms with Crippen molar-refractivity contribution < 1.29 is 0 Å². The van der Waals surface area contributed by atoms with Crippen molar-refractivity contribution in [3.8, 4) is 0 Å². The first kappa shape index (κ1) is 11.3. The van der Waals surface area contributed by atoms with E-state index in [4.69, 9.17) is 11.6 Å². The molecule has 1 atom stereocenters. The van der Waals surface area contributed by atoms with Crippen molar-refractivity contribution in [2.24, 2.45) is 0 Å². The van der Waals surface area contributed by atoms with Crippen LogP contribution in [0.2, 0.25) is 5.15 Å². The van der Waals surface area contributed by atoms with Crippen LogP contribution in [0, 0.1) is 0 Å². The molecular formula is C9H12BrClN4. The van der Waals surface area contributed by atoms with Gasteiger partial charge in [-0.3, -0.25) is 4.90 Å². The van der Waals surface area contributed by atoms with Gasteiger partial charge in [0.1, 0.15) is 11.5 Å². The molecule has 0 spiro atoms. The fraction of sp³-hybridized carbons (Fsp3) is 0.556. The number of nitrogens with one attached hydrogen (secondary N) is 1. The van der Waals surface area contributed by atoms with E-state index in [9.17, 15) is 0 Å². The van der Waals surface area contributed by atoms with Gasteiger partial charge in [0.15, 0.2) is 0 Å². The Bertz CT molecular complexity index is 360. The van der Waals surface area contributed by atoms with Crippen molar-refractivity contribution in [1.29, 1.82) is 0 Å². The molecule has 1 aromatic heterocycles. The molecule has 2 rings (SSSR count). The molecular weight excluding hydrogens is 279 g/mol. The number of piperazine rings is 1. The number of hydrogen-bond donors (Lipinski definition) is 1. The molecule has 1 fully saturated rings. The average Bonchev–Trinajstić information content (AvgIpc) is 2.23. The van der Waals surface area contributed by atoms with Gasteiger partial charge in [-0.1, -0.05) is 11.6 Å². The Hall–Kier alpha value is -0.230. The lowest BCUT2D eigenvalue weighted by molar-refractivity contribution is 0.197. The zero-order valence-electron chi connectivity index (χ0n) is 8.37. The summed E-state index contributed by atoms with van der Waals surface area (Å²) in [6.07, 6.45) is 1.50. The Morgan fingerprint density at radius 1 is 1.60 bits per heavy atom. The number of halogens is 2. The van der Waals surface area contributed by atoms with E-state index < -0.39 is 0 Å². The zero-order valence-corrected chi connectivity index (χ0v) is 10.7. The standard InChI is InChI=1S/C9H12BrClN4/c1-15-3-2-12-4-6(15)8-7(10)9(11)14-5-13-8/h5-6,12H,2-4H2,1H3. The van der Waals surface area contributed by atoms with E-state index >= 15 is 0 Å². The fourth-order valence-electron chi connectivity index (χ4n) is 1.70. The molecule has 0 saturated carbocycles. The molecule has 1 aromatic rings. The summed E-state index contributed by atoms with van der Waals surface area (Å²) in [5.41, 5.74) is 0.949. The highest BCUT2D eigenvalue weighted by Gasteiger charge is 2.24. The van der Waals surface area contributed by atoms with Crippen LogP contribution >= 0.6 is 27.5 Å². The van der Waals surface area contributed by atoms with Gasteiger partial charge in [0.05, 0.1) is 16.2 Å². The second-order valence-corrected chi connectivity index (χ2v) is 4.72. The molecule has 1 aliphatic rings. The van der Waals surface area contributed by atoms with Gasteiger partial charge in [-0.05, 0) is 23.0 Å². The third-order valence-electron chi connectivity index (χ3n) is 2.60. The maximum atomic E-state index is 5.94. The van der Waals surface area contributed by atoms with E-state index in [1.807, 2.05) is 0 Å². The van der Waals surface area contributed by atoms with Gasteiger partial charge in [-0.2, -0.15) is 0 Å². The quantitative estimate of drug-likeness (QED) is 0.796. The van der Waals surface area contributed by atoms with E-state index in [-0.39, 0.29) is 6.04 Å². The first-order valence-corrected chi connectivity index (χ1v) is 5.94. The molecule has 1 saturated heterocycles. The molecule has 0 aromatic carbocycles. The van der Waals surface area contributed by atoms with Crippen LogP contribution in [-0.2, 0) is 0 Å². The molecule has 0 radical (unpaired) electrons. The fourth-order valence-corrected chi connectivity index (χ4v) is 2.31. The minimum atomic E-state index is 0.258. The molecule has 0 amide bonds. The van der Waals surface area contributed by atoms with Gasteiger partial charge in [-0.25, -0.2) is 9.97 Å². The van der Waals surface area contributed by atoms with E-state index in [2.05, 4.69) is 43.2 Å². The summed E-state index contributed by atoms with van der Waals surface area (Å²) in [4.78, 5) is 10.5. The first-order valence-electron chi connectivity index (χ1n) is 4.77. The predicted octanol–water partition coefficient (Wildman–Crippen LogP) is 1.47. The van der Waals surface area contributed by atoms with Gasteiger partial charge in [0.2, 0.25) is 0 Å². The smallest absolute Gasteiger partial charge is 0.146 e. The van der Waals surface area contributed by atoms with Crippen molar-refractivity contribution in [1.82, 2.24) is 20.2 Å². The van der Waals surface area contributed by atoms with E-state index in [1.54, 1.807) is 0 Å². The maximum Gasteiger partial charge on any atom is 0.146 e. The highest BCUT2D eigenvalue weighted by molar-refractivity contribution is 9.10. The van der Waals surface area contributed by atoms with Crippen LogP contribution in [0.5, 0.6) is 0 Å². The summed E-state index contributed by atoms with van der Waals surface area (Å²) in [5, 5.41) is 3.82. The Balaban J connectivity index is 2.31. The van der Waals surface area contributed by atoms with Crippen LogP contribution in [0.3, 0.4) is 0 Å². The van der Waals surface area contributed by atoms with Gasteiger partial charge in [0, 0.05) is 19.6 Å². The Kier molecular flexibility index (Phi) is 3.56. The highest BCUT2D eigenvalue weighted by Crippen LogP contribution is 2.29. The van der Waals surface area contributed by atoms with Crippen molar-refractivity contribution in [2.45, 2.75) is 6.04 Å². The molecule has 82 valence electrons. The minimum absolute atomic E-state index is 0.258. The minimum Gasteiger partial charge on any atom is -0.313 e. The summed E-state index contributed by atoms with van der Waals surface area (Å²) in [5.74, 6) is 0. The van der Waals surface area contributed by atoms with Crippen molar-refractivity contribution in [2.75, 3.05) is 26.7 Å². The molecule has 2 heterocycles. The summed E-state index contributed by atoms with van der Waals surface area (Å²) in [6.45, 7) is 2.92. The number of rotatable bonds is 1. The predicted molar refractivity (Wildman–Crippen MR) is 63.0 cm³/mol. The summed E-state index contributed by atoms with van der Waals surface area (Å²) in [7, 11) is 2.09. The van der Waals surface area contributed by atoms with Crippen LogP contribution in [0.1, 0.15) is 11.7 Å². The third kappa shape index (κ3) is 2.30. The van der Waals surface area contributed by atoms with Gasteiger partial charge in [-0.15, -0.1) is 0 Å². The molecule has 0 aliphatic carbocycles. The molecule has 1 unspecified atom stereocenters. The zero-order chi connectivity index (χ0) is 10.8.